The zero-order chi connectivity index (χ0) is 26.9. The molecule has 3 nitrogen and oxygen atoms in total. The van der Waals surface area contributed by atoms with Crippen molar-refractivity contribution >= 4 is 5.91 Å². The van der Waals surface area contributed by atoms with Gasteiger partial charge >= 0.3 is 0 Å². The molecule has 3 aliphatic carbocycles. The number of carbonyl (C=O) groups is 1. The summed E-state index contributed by atoms with van der Waals surface area (Å²) in [6, 6.07) is 6.25. The highest BCUT2D eigenvalue weighted by molar-refractivity contribution is 5.86. The topological polar surface area (TPSA) is 29.5 Å². The van der Waals surface area contributed by atoms with Gasteiger partial charge in [-0.3, -0.25) is 4.79 Å². The van der Waals surface area contributed by atoms with E-state index in [9.17, 15) is 4.79 Å². The van der Waals surface area contributed by atoms with Gasteiger partial charge in [0.1, 0.15) is 5.82 Å². The Labute approximate surface area is 230 Å². The number of hydrogen-bond donors (Lipinski definition) is 0. The van der Waals surface area contributed by atoms with Crippen LogP contribution in [-0.4, -0.2) is 37.1 Å². The molecule has 4 heteroatoms. The molecule has 3 fully saturated rings. The van der Waals surface area contributed by atoms with Gasteiger partial charge in [-0.2, -0.15) is 0 Å². The molecule has 0 N–H and O–H groups in total. The maximum absolute atomic E-state index is 15.3. The van der Waals surface area contributed by atoms with Crippen molar-refractivity contribution in [3.05, 3.63) is 60.5 Å². The quantitative estimate of drug-likeness (QED) is 0.215. The molecule has 3 aliphatic rings. The van der Waals surface area contributed by atoms with Gasteiger partial charge in [-0.25, -0.2) is 4.39 Å². The van der Waals surface area contributed by atoms with Gasteiger partial charge in [0.25, 0.3) is 0 Å². The maximum Gasteiger partial charge on any atom is 0.245 e. The standard InChI is InChI=1S/C34H50FNO2/c1-4-6-7-25-8-10-28(11-9-25)30-18-21-32(33(35)24-30)29-14-12-26(13-15-29)27-16-19-31(20-17-27)38-23-22-36(3)34(37)5-2/h4-5,18,21,24-29,31H,1-2,6-17,19-20,22-23H2,3H3. The zero-order valence-electron chi connectivity index (χ0n) is 23.7. The number of ether oxygens (including phenoxy) is 1. The fourth-order valence-corrected chi connectivity index (χ4v) is 7.52. The molecule has 1 amide bonds. The van der Waals surface area contributed by atoms with Crippen molar-refractivity contribution in [3.8, 4) is 0 Å². The van der Waals surface area contributed by atoms with Crippen LogP contribution >= 0.6 is 0 Å². The normalized spacial score (nSPS) is 29.9. The number of hydrogen-bond acceptors (Lipinski definition) is 2. The molecule has 0 aromatic heterocycles. The van der Waals surface area contributed by atoms with Gasteiger partial charge in [-0.1, -0.05) is 24.8 Å². The van der Waals surface area contributed by atoms with Crippen molar-refractivity contribution in [1.29, 1.82) is 0 Å². The van der Waals surface area contributed by atoms with Crippen LogP contribution in [0.25, 0.3) is 0 Å². The number of likely N-dealkylation sites (N-methyl/N-ethyl adjacent to an activating group) is 1. The van der Waals surface area contributed by atoms with Crippen molar-refractivity contribution in [3.63, 3.8) is 0 Å². The van der Waals surface area contributed by atoms with Crippen LogP contribution in [0, 0.1) is 23.6 Å². The minimum atomic E-state index is -0.0545. The van der Waals surface area contributed by atoms with E-state index < -0.39 is 0 Å². The van der Waals surface area contributed by atoms with E-state index in [0.717, 1.165) is 55.4 Å². The Morgan fingerprint density at radius 2 is 1.58 bits per heavy atom. The Morgan fingerprint density at radius 3 is 2.18 bits per heavy atom. The lowest BCUT2D eigenvalue weighted by Gasteiger charge is -2.38. The summed E-state index contributed by atoms with van der Waals surface area (Å²) in [6.45, 7) is 8.60. The van der Waals surface area contributed by atoms with E-state index in [4.69, 9.17) is 4.74 Å². The minimum Gasteiger partial charge on any atom is -0.376 e. The summed E-state index contributed by atoms with van der Waals surface area (Å²) in [6.07, 6.45) is 20.4. The van der Waals surface area contributed by atoms with Gasteiger partial charge in [0.15, 0.2) is 0 Å². The first-order valence-electron chi connectivity index (χ1n) is 15.4. The third-order valence-corrected chi connectivity index (χ3v) is 10.0. The molecular weight excluding hydrogens is 473 g/mol. The Kier molecular flexibility index (Phi) is 11.0. The lowest BCUT2D eigenvalue weighted by Crippen LogP contribution is -2.32. The lowest BCUT2D eigenvalue weighted by molar-refractivity contribution is -0.125. The number of amides is 1. The largest absolute Gasteiger partial charge is 0.376 e. The number of allylic oxidation sites excluding steroid dienone is 1. The van der Waals surface area contributed by atoms with E-state index in [1.807, 2.05) is 12.1 Å². The van der Waals surface area contributed by atoms with Gasteiger partial charge in [-0.05, 0) is 143 Å². The Bertz CT molecular complexity index is 905. The molecule has 38 heavy (non-hydrogen) atoms. The molecule has 1 aromatic rings. The third-order valence-electron chi connectivity index (χ3n) is 10.0. The second-order valence-electron chi connectivity index (χ2n) is 12.3. The van der Waals surface area contributed by atoms with Crippen LogP contribution in [-0.2, 0) is 9.53 Å². The first-order chi connectivity index (χ1) is 18.5. The van der Waals surface area contributed by atoms with Crippen molar-refractivity contribution in [2.45, 2.75) is 108 Å². The SMILES string of the molecule is C=CCCC1CCC(c2ccc(C3CCC(C4CCC(OCCN(C)C(=O)C=C)CC4)CC3)c(F)c2)CC1. The van der Waals surface area contributed by atoms with Crippen molar-refractivity contribution in [1.82, 2.24) is 4.90 Å². The molecule has 0 saturated heterocycles. The van der Waals surface area contributed by atoms with Crippen LogP contribution in [0.1, 0.15) is 113 Å². The molecule has 210 valence electrons. The van der Waals surface area contributed by atoms with Crippen LogP contribution < -0.4 is 0 Å². The van der Waals surface area contributed by atoms with Crippen LogP contribution in [0.5, 0.6) is 0 Å². The Hall–Kier alpha value is -1.94. The number of halogens is 1. The molecule has 0 spiro atoms. The minimum absolute atomic E-state index is 0.0397. The summed E-state index contributed by atoms with van der Waals surface area (Å²) in [4.78, 5) is 13.2. The van der Waals surface area contributed by atoms with E-state index in [-0.39, 0.29) is 11.7 Å². The molecule has 0 atom stereocenters. The van der Waals surface area contributed by atoms with Gasteiger partial charge in [0, 0.05) is 13.6 Å². The summed E-state index contributed by atoms with van der Waals surface area (Å²) < 4.78 is 21.4. The monoisotopic (exact) mass is 523 g/mol. The Balaban J connectivity index is 1.18. The highest BCUT2D eigenvalue weighted by atomic mass is 19.1. The summed E-state index contributed by atoms with van der Waals surface area (Å²) in [5.74, 6) is 3.29. The van der Waals surface area contributed by atoms with Crippen LogP contribution in [0.2, 0.25) is 0 Å². The van der Waals surface area contributed by atoms with Gasteiger partial charge in [0.05, 0.1) is 12.7 Å². The molecule has 0 unspecified atom stereocenters. The molecule has 1 aromatic carbocycles. The molecule has 0 bridgehead atoms. The first-order valence-corrected chi connectivity index (χ1v) is 15.4. The highest BCUT2D eigenvalue weighted by Gasteiger charge is 2.32. The number of nitrogens with zero attached hydrogens (tertiary/aromatic N) is 1. The number of benzene rings is 1. The molecule has 4 rings (SSSR count). The molecular formula is C34H50FNO2. The number of rotatable bonds is 11. The molecule has 0 aliphatic heterocycles. The van der Waals surface area contributed by atoms with Crippen molar-refractivity contribution < 1.29 is 13.9 Å². The summed E-state index contributed by atoms with van der Waals surface area (Å²) in [5, 5.41) is 0. The van der Waals surface area contributed by atoms with Crippen LogP contribution in [0.3, 0.4) is 0 Å². The molecule has 0 heterocycles. The van der Waals surface area contributed by atoms with E-state index in [1.165, 1.54) is 69.4 Å². The summed E-state index contributed by atoms with van der Waals surface area (Å²) in [7, 11) is 1.79. The average molecular weight is 524 g/mol. The second kappa shape index (κ2) is 14.4. The summed E-state index contributed by atoms with van der Waals surface area (Å²) >= 11 is 0. The van der Waals surface area contributed by atoms with Crippen LogP contribution in [0.15, 0.2) is 43.5 Å². The maximum atomic E-state index is 15.3. The van der Waals surface area contributed by atoms with Crippen molar-refractivity contribution in [2.24, 2.45) is 17.8 Å². The van der Waals surface area contributed by atoms with E-state index >= 15 is 4.39 Å². The summed E-state index contributed by atoms with van der Waals surface area (Å²) in [5.41, 5.74) is 2.18. The van der Waals surface area contributed by atoms with Gasteiger partial charge in [0.2, 0.25) is 5.91 Å². The fraction of sp³-hybridized carbons (Fsp3) is 0.676. The first kappa shape index (κ1) is 29.1. The zero-order valence-corrected chi connectivity index (χ0v) is 23.7. The number of carbonyl (C=O) groups excluding carboxylic acids is 1. The fourth-order valence-electron chi connectivity index (χ4n) is 7.52. The predicted molar refractivity (Wildman–Crippen MR) is 155 cm³/mol. The van der Waals surface area contributed by atoms with E-state index in [2.05, 4.69) is 25.3 Å². The molecule has 0 radical (unpaired) electrons. The predicted octanol–water partition coefficient (Wildman–Crippen LogP) is 8.56. The van der Waals surface area contributed by atoms with E-state index in [0.29, 0.717) is 31.1 Å². The van der Waals surface area contributed by atoms with Crippen molar-refractivity contribution in [2.75, 3.05) is 20.2 Å². The lowest BCUT2D eigenvalue weighted by atomic mass is 9.69. The van der Waals surface area contributed by atoms with Crippen LogP contribution in [0.4, 0.5) is 4.39 Å². The smallest absolute Gasteiger partial charge is 0.245 e. The highest BCUT2D eigenvalue weighted by Crippen LogP contribution is 2.44. The molecule has 3 saturated carbocycles. The van der Waals surface area contributed by atoms with Gasteiger partial charge < -0.3 is 9.64 Å². The second-order valence-corrected chi connectivity index (χ2v) is 12.3. The van der Waals surface area contributed by atoms with Gasteiger partial charge in [-0.15, -0.1) is 6.58 Å². The van der Waals surface area contributed by atoms with E-state index in [1.54, 1.807) is 11.9 Å². The average Bonchev–Trinajstić information content (AvgIpc) is 2.96. The Morgan fingerprint density at radius 1 is 0.947 bits per heavy atom. The third kappa shape index (κ3) is 7.81.